The van der Waals surface area contributed by atoms with Crippen LogP contribution in [0, 0.1) is 0 Å². The molecule has 3 aromatic rings. The SMILES string of the molecule is CCN(Cc1ccccc1)c1ccc(C(=O)NCc2ccc(OC)cc2)cn1. The molecule has 0 radical (unpaired) electrons. The van der Waals surface area contributed by atoms with Gasteiger partial charge in [0, 0.05) is 25.8 Å². The topological polar surface area (TPSA) is 54.5 Å². The third-order valence-electron chi connectivity index (χ3n) is 4.54. The van der Waals surface area contributed by atoms with Crippen LogP contribution < -0.4 is 15.0 Å². The molecule has 0 unspecified atom stereocenters. The summed E-state index contributed by atoms with van der Waals surface area (Å²) in [6, 6.07) is 21.6. The summed E-state index contributed by atoms with van der Waals surface area (Å²) in [4.78, 5) is 19.1. The van der Waals surface area contributed by atoms with Crippen LogP contribution >= 0.6 is 0 Å². The van der Waals surface area contributed by atoms with Gasteiger partial charge in [0.2, 0.25) is 0 Å². The van der Waals surface area contributed by atoms with Gasteiger partial charge in [-0.3, -0.25) is 4.79 Å². The Balaban J connectivity index is 1.59. The highest BCUT2D eigenvalue weighted by molar-refractivity contribution is 5.94. The number of carbonyl (C=O) groups excluding carboxylic acids is 1. The first-order chi connectivity index (χ1) is 13.7. The molecule has 144 valence electrons. The Labute approximate surface area is 166 Å². The van der Waals surface area contributed by atoms with E-state index in [2.05, 4.69) is 34.3 Å². The summed E-state index contributed by atoms with van der Waals surface area (Å²) < 4.78 is 5.14. The standard InChI is InChI=1S/C23H25N3O2/c1-3-26(17-19-7-5-4-6-8-19)22-14-11-20(16-24-22)23(27)25-15-18-9-12-21(28-2)13-10-18/h4-14,16H,3,15,17H2,1-2H3,(H,25,27). The van der Waals surface area contributed by atoms with Crippen LogP contribution in [0.5, 0.6) is 5.75 Å². The average molecular weight is 375 g/mol. The molecule has 1 heterocycles. The Morgan fingerprint density at radius 3 is 2.36 bits per heavy atom. The smallest absolute Gasteiger partial charge is 0.253 e. The van der Waals surface area contributed by atoms with Crippen LogP contribution in [-0.2, 0) is 13.1 Å². The number of rotatable bonds is 8. The Hall–Kier alpha value is -3.34. The highest BCUT2D eigenvalue weighted by Crippen LogP contribution is 2.15. The van der Waals surface area contributed by atoms with Crippen LogP contribution in [0.15, 0.2) is 72.9 Å². The summed E-state index contributed by atoms with van der Waals surface area (Å²) in [5, 5.41) is 2.92. The second-order valence-electron chi connectivity index (χ2n) is 6.44. The van der Waals surface area contributed by atoms with Gasteiger partial charge >= 0.3 is 0 Å². The third-order valence-corrected chi connectivity index (χ3v) is 4.54. The van der Waals surface area contributed by atoms with E-state index < -0.39 is 0 Å². The largest absolute Gasteiger partial charge is 0.497 e. The lowest BCUT2D eigenvalue weighted by Gasteiger charge is -2.22. The minimum atomic E-state index is -0.138. The number of pyridine rings is 1. The maximum absolute atomic E-state index is 12.4. The number of carbonyl (C=O) groups is 1. The second kappa shape index (κ2) is 9.55. The van der Waals surface area contributed by atoms with Gasteiger partial charge in [-0.15, -0.1) is 0 Å². The summed E-state index contributed by atoms with van der Waals surface area (Å²) >= 11 is 0. The van der Waals surface area contributed by atoms with Crippen molar-refractivity contribution in [1.82, 2.24) is 10.3 Å². The van der Waals surface area contributed by atoms with Gasteiger partial charge in [0.05, 0.1) is 12.7 Å². The van der Waals surface area contributed by atoms with Gasteiger partial charge in [0.15, 0.2) is 0 Å². The van der Waals surface area contributed by atoms with Gasteiger partial charge in [-0.1, -0.05) is 42.5 Å². The molecule has 0 spiro atoms. The average Bonchev–Trinajstić information content (AvgIpc) is 2.77. The van der Waals surface area contributed by atoms with Gasteiger partial charge in [-0.25, -0.2) is 4.98 Å². The van der Waals surface area contributed by atoms with E-state index in [0.717, 1.165) is 30.2 Å². The molecule has 0 aliphatic rings. The monoisotopic (exact) mass is 375 g/mol. The maximum atomic E-state index is 12.4. The number of hydrogen-bond donors (Lipinski definition) is 1. The number of methoxy groups -OCH3 is 1. The minimum absolute atomic E-state index is 0.138. The lowest BCUT2D eigenvalue weighted by Crippen LogP contribution is -2.25. The van der Waals surface area contributed by atoms with Gasteiger partial charge in [0.25, 0.3) is 5.91 Å². The number of nitrogens with one attached hydrogen (secondary N) is 1. The molecular weight excluding hydrogens is 350 g/mol. The molecule has 5 nitrogen and oxygen atoms in total. The molecule has 3 rings (SSSR count). The zero-order valence-corrected chi connectivity index (χ0v) is 16.3. The number of anilines is 1. The zero-order chi connectivity index (χ0) is 19.8. The van der Waals surface area contributed by atoms with E-state index in [1.807, 2.05) is 54.6 Å². The van der Waals surface area contributed by atoms with Gasteiger partial charge in [0.1, 0.15) is 11.6 Å². The van der Waals surface area contributed by atoms with Crippen LogP contribution in [0.2, 0.25) is 0 Å². The van der Waals surface area contributed by atoms with Crippen molar-refractivity contribution in [3.8, 4) is 5.75 Å². The quantitative estimate of drug-likeness (QED) is 0.645. The highest BCUT2D eigenvalue weighted by atomic mass is 16.5. The van der Waals surface area contributed by atoms with Crippen LogP contribution in [0.1, 0.15) is 28.4 Å². The Morgan fingerprint density at radius 2 is 1.75 bits per heavy atom. The summed E-state index contributed by atoms with van der Waals surface area (Å²) in [7, 11) is 1.63. The fourth-order valence-electron chi connectivity index (χ4n) is 2.89. The maximum Gasteiger partial charge on any atom is 0.253 e. The number of aromatic nitrogens is 1. The molecule has 1 amide bonds. The van der Waals surface area contributed by atoms with Crippen molar-refractivity contribution < 1.29 is 9.53 Å². The van der Waals surface area contributed by atoms with E-state index in [4.69, 9.17) is 4.74 Å². The molecule has 0 saturated carbocycles. The molecule has 5 heteroatoms. The van der Waals surface area contributed by atoms with E-state index in [0.29, 0.717) is 12.1 Å². The number of benzene rings is 2. The van der Waals surface area contributed by atoms with Crippen molar-refractivity contribution in [2.24, 2.45) is 0 Å². The number of nitrogens with zero attached hydrogens (tertiary/aromatic N) is 2. The predicted octanol–water partition coefficient (Wildman–Crippen LogP) is 4.05. The molecule has 0 fully saturated rings. The van der Waals surface area contributed by atoms with Crippen molar-refractivity contribution >= 4 is 11.7 Å². The molecule has 1 N–H and O–H groups in total. The Morgan fingerprint density at radius 1 is 1.00 bits per heavy atom. The molecule has 0 aliphatic carbocycles. The first-order valence-electron chi connectivity index (χ1n) is 9.35. The lowest BCUT2D eigenvalue weighted by atomic mass is 10.2. The van der Waals surface area contributed by atoms with Crippen molar-refractivity contribution in [1.29, 1.82) is 0 Å². The van der Waals surface area contributed by atoms with Gasteiger partial charge < -0.3 is 15.0 Å². The van der Waals surface area contributed by atoms with Crippen LogP contribution in [0.25, 0.3) is 0 Å². The van der Waals surface area contributed by atoms with Crippen LogP contribution in [0.4, 0.5) is 5.82 Å². The number of amides is 1. The van der Waals surface area contributed by atoms with E-state index in [-0.39, 0.29) is 5.91 Å². The van der Waals surface area contributed by atoms with Gasteiger partial charge in [-0.2, -0.15) is 0 Å². The molecular formula is C23H25N3O2. The summed E-state index contributed by atoms with van der Waals surface area (Å²) in [6.07, 6.45) is 1.63. The minimum Gasteiger partial charge on any atom is -0.497 e. The van der Waals surface area contributed by atoms with Crippen molar-refractivity contribution in [2.75, 3.05) is 18.6 Å². The normalized spacial score (nSPS) is 10.4. The highest BCUT2D eigenvalue weighted by Gasteiger charge is 2.10. The first kappa shape index (κ1) is 19.4. The van der Waals surface area contributed by atoms with Crippen LogP contribution in [-0.4, -0.2) is 24.5 Å². The van der Waals surface area contributed by atoms with E-state index >= 15 is 0 Å². The lowest BCUT2D eigenvalue weighted by molar-refractivity contribution is 0.0950. The zero-order valence-electron chi connectivity index (χ0n) is 16.3. The fraction of sp³-hybridized carbons (Fsp3) is 0.217. The molecule has 1 aromatic heterocycles. The third kappa shape index (κ3) is 5.10. The van der Waals surface area contributed by atoms with E-state index in [1.54, 1.807) is 13.3 Å². The first-order valence-corrected chi connectivity index (χ1v) is 9.35. The fourth-order valence-corrected chi connectivity index (χ4v) is 2.89. The van der Waals surface area contributed by atoms with Crippen molar-refractivity contribution in [3.05, 3.63) is 89.6 Å². The Kier molecular flexibility index (Phi) is 6.63. The van der Waals surface area contributed by atoms with Crippen molar-refractivity contribution in [3.63, 3.8) is 0 Å². The molecule has 0 atom stereocenters. The molecule has 0 bridgehead atoms. The van der Waals surface area contributed by atoms with Crippen molar-refractivity contribution in [2.45, 2.75) is 20.0 Å². The van der Waals surface area contributed by atoms with E-state index in [9.17, 15) is 4.79 Å². The second-order valence-corrected chi connectivity index (χ2v) is 6.44. The molecule has 0 saturated heterocycles. The van der Waals surface area contributed by atoms with E-state index in [1.165, 1.54) is 5.56 Å². The summed E-state index contributed by atoms with van der Waals surface area (Å²) in [6.45, 7) is 4.18. The van der Waals surface area contributed by atoms with Gasteiger partial charge in [-0.05, 0) is 42.3 Å². The van der Waals surface area contributed by atoms with Crippen LogP contribution in [0.3, 0.4) is 0 Å². The predicted molar refractivity (Wildman–Crippen MR) is 112 cm³/mol. The molecule has 2 aromatic carbocycles. The number of hydrogen-bond acceptors (Lipinski definition) is 4. The Bertz CT molecular complexity index is 878. The molecule has 28 heavy (non-hydrogen) atoms. The summed E-state index contributed by atoms with van der Waals surface area (Å²) in [5.41, 5.74) is 2.79. The summed E-state index contributed by atoms with van der Waals surface area (Å²) in [5.74, 6) is 1.52. The molecule has 0 aliphatic heterocycles. The number of ether oxygens (including phenoxy) is 1.